The number of aldehydes is 1. The lowest BCUT2D eigenvalue weighted by atomic mass is 9.89. The predicted molar refractivity (Wildman–Crippen MR) is 197 cm³/mol. The molecule has 9 nitrogen and oxygen atoms in total. The lowest BCUT2D eigenvalue weighted by Gasteiger charge is -2.38. The van der Waals surface area contributed by atoms with Crippen LogP contribution in [-0.2, 0) is 17.6 Å². The van der Waals surface area contributed by atoms with Gasteiger partial charge in [-0.2, -0.15) is 5.10 Å². The Balaban J connectivity index is 0.000000260. The Bertz CT molecular complexity index is 1560. The minimum Gasteiger partial charge on any atom is -0.317 e. The fourth-order valence-corrected chi connectivity index (χ4v) is 8.06. The number of hydrogen-bond acceptors (Lipinski definition) is 8. The van der Waals surface area contributed by atoms with Crippen molar-refractivity contribution in [2.75, 3.05) is 32.5 Å². The summed E-state index contributed by atoms with van der Waals surface area (Å²) in [4.78, 5) is 35.2. The second kappa shape index (κ2) is 17.8. The molecule has 2 fully saturated rings. The summed E-state index contributed by atoms with van der Waals surface area (Å²) in [5.74, 6) is -0.164. The quantitative estimate of drug-likeness (QED) is 0.196. The van der Waals surface area contributed by atoms with Crippen LogP contribution >= 0.6 is 22.9 Å². The largest absolute Gasteiger partial charge is 0.317 e. The van der Waals surface area contributed by atoms with E-state index < -0.39 is 0 Å². The normalized spacial score (nSPS) is 19.5. The summed E-state index contributed by atoms with van der Waals surface area (Å²) in [5, 5.41) is 12.1. The van der Waals surface area contributed by atoms with Crippen molar-refractivity contribution in [1.29, 1.82) is 0 Å². The molecule has 254 valence electrons. The van der Waals surface area contributed by atoms with E-state index in [4.69, 9.17) is 16.7 Å². The van der Waals surface area contributed by atoms with E-state index in [9.17, 15) is 9.59 Å². The highest BCUT2D eigenvalue weighted by Crippen LogP contribution is 2.43. The van der Waals surface area contributed by atoms with Crippen molar-refractivity contribution in [2.45, 2.75) is 97.6 Å². The minimum absolute atomic E-state index is 0.164. The van der Waals surface area contributed by atoms with Gasteiger partial charge in [0.15, 0.2) is 5.13 Å². The van der Waals surface area contributed by atoms with E-state index in [0.717, 1.165) is 64.3 Å². The number of likely N-dealkylation sites (tertiary alicyclic amines) is 1. The Labute approximate surface area is 288 Å². The Morgan fingerprint density at radius 3 is 2.43 bits per heavy atom. The highest BCUT2D eigenvalue weighted by atomic mass is 35.5. The molecule has 1 saturated carbocycles. The van der Waals surface area contributed by atoms with Crippen LogP contribution in [0.15, 0.2) is 29.3 Å². The lowest BCUT2D eigenvalue weighted by molar-refractivity contribution is -0.114. The molecule has 1 amide bonds. The Hall–Kier alpha value is -3.18. The van der Waals surface area contributed by atoms with Gasteiger partial charge in [-0.25, -0.2) is 9.67 Å². The first kappa shape index (κ1) is 36.7. The molecule has 0 unspecified atom stereocenters. The molecule has 0 atom stereocenters. The molecule has 2 aliphatic carbocycles. The summed E-state index contributed by atoms with van der Waals surface area (Å²) >= 11 is 7.96. The maximum Gasteiger partial charge on any atom is 0.223 e. The molecule has 0 radical (unpaired) electrons. The Morgan fingerprint density at radius 2 is 1.83 bits per heavy atom. The molecule has 2 N–H and O–H groups in total. The number of halogens is 1. The number of thiazole rings is 1. The van der Waals surface area contributed by atoms with Crippen molar-refractivity contribution in [2.24, 2.45) is 4.99 Å². The van der Waals surface area contributed by atoms with Crippen LogP contribution in [0.1, 0.15) is 99.9 Å². The SMILES string of the molecule is C/C=C(\C=NC)c1nn(-c2ccc(C=O)cc2Cl)c2c1CCc1nc(NC(C)=O)sc1-2.CC.CNC1CCC(N2CCCCC2)CC1. The number of aromatic nitrogens is 3. The second-order valence-electron chi connectivity index (χ2n) is 11.9. The van der Waals surface area contributed by atoms with Crippen molar-refractivity contribution in [3.05, 3.63) is 51.8 Å². The van der Waals surface area contributed by atoms with Gasteiger partial charge in [0.2, 0.25) is 5.91 Å². The summed E-state index contributed by atoms with van der Waals surface area (Å²) < 4.78 is 1.81. The zero-order valence-electron chi connectivity index (χ0n) is 28.7. The molecular formula is C36H50ClN7O2S. The maximum absolute atomic E-state index is 11.5. The monoisotopic (exact) mass is 679 g/mol. The van der Waals surface area contributed by atoms with Crippen LogP contribution in [-0.4, -0.2) is 77.3 Å². The molecule has 1 aliphatic heterocycles. The zero-order chi connectivity index (χ0) is 33.9. The van der Waals surface area contributed by atoms with Crippen molar-refractivity contribution >= 4 is 52.1 Å². The third kappa shape index (κ3) is 8.84. The molecule has 2 aromatic heterocycles. The molecule has 3 aliphatic rings. The minimum atomic E-state index is -0.164. The fraction of sp³-hybridized carbons (Fsp3) is 0.528. The molecule has 0 bridgehead atoms. The van der Waals surface area contributed by atoms with Gasteiger partial charge in [0.25, 0.3) is 0 Å². The number of piperidine rings is 1. The number of benzene rings is 1. The molecule has 11 heteroatoms. The second-order valence-corrected chi connectivity index (χ2v) is 13.3. The van der Waals surface area contributed by atoms with E-state index in [0.29, 0.717) is 21.4 Å². The standard InChI is InChI=1S/C22H20ClN5O2S.C12H24N2.C2H6/c1-4-14(10-24-3)19-15-6-7-17-21(31-22(26-17)25-12(2)30)20(15)28(27-19)18-8-5-13(11-29)9-16(18)23;1-13-11-5-7-12(8-6-11)14-9-3-2-4-10-14;1-2/h4-5,8-11H,6-7H2,1-3H3,(H,25,26,30);11-13H,2-10H2,1H3;1-2H3/b14-4+,24-10?;;. The van der Waals surface area contributed by atoms with E-state index >= 15 is 0 Å². The summed E-state index contributed by atoms with van der Waals surface area (Å²) in [6, 6.07) is 6.85. The first-order chi connectivity index (χ1) is 22.9. The summed E-state index contributed by atoms with van der Waals surface area (Å²) in [7, 11) is 3.83. The van der Waals surface area contributed by atoms with Crippen LogP contribution in [0.4, 0.5) is 5.13 Å². The Morgan fingerprint density at radius 1 is 1.11 bits per heavy atom. The van der Waals surface area contributed by atoms with Gasteiger partial charge in [0.1, 0.15) is 6.29 Å². The number of nitrogens with one attached hydrogen (secondary N) is 2. The first-order valence-electron chi connectivity index (χ1n) is 17.0. The number of hydrogen-bond donors (Lipinski definition) is 2. The number of amides is 1. The van der Waals surface area contributed by atoms with Crippen molar-refractivity contribution in [3.8, 4) is 16.3 Å². The van der Waals surface area contributed by atoms with Crippen LogP contribution in [0.25, 0.3) is 21.8 Å². The number of rotatable bonds is 7. The molecule has 6 rings (SSSR count). The van der Waals surface area contributed by atoms with Gasteiger partial charge >= 0.3 is 0 Å². The van der Waals surface area contributed by atoms with E-state index in [1.54, 1.807) is 31.5 Å². The highest BCUT2D eigenvalue weighted by molar-refractivity contribution is 7.19. The van der Waals surface area contributed by atoms with Gasteiger partial charge in [-0.15, -0.1) is 0 Å². The smallest absolute Gasteiger partial charge is 0.223 e. The number of anilines is 1. The molecule has 1 saturated heterocycles. The Kier molecular flexibility index (Phi) is 13.9. The molecule has 47 heavy (non-hydrogen) atoms. The molecule has 1 aromatic carbocycles. The molecule has 3 aromatic rings. The number of carbonyl (C=O) groups is 2. The van der Waals surface area contributed by atoms with E-state index in [1.165, 1.54) is 76.3 Å². The third-order valence-corrected chi connectivity index (χ3v) is 10.3. The first-order valence-corrected chi connectivity index (χ1v) is 18.2. The molecule has 0 spiro atoms. The average Bonchev–Trinajstić information content (AvgIpc) is 3.69. The van der Waals surface area contributed by atoms with Gasteiger partial charge in [-0.05, 0) is 96.6 Å². The van der Waals surface area contributed by atoms with E-state index in [2.05, 4.69) is 32.6 Å². The number of carbonyl (C=O) groups excluding carboxylic acids is 2. The van der Waals surface area contributed by atoms with Crippen LogP contribution in [0.3, 0.4) is 0 Å². The average molecular weight is 680 g/mol. The fourth-order valence-electron chi connectivity index (χ4n) is 6.67. The van der Waals surface area contributed by atoms with Crippen molar-refractivity contribution in [3.63, 3.8) is 0 Å². The lowest BCUT2D eigenvalue weighted by Crippen LogP contribution is -2.43. The number of aliphatic imine (C=N–C) groups is 1. The summed E-state index contributed by atoms with van der Waals surface area (Å²) in [6.45, 7) is 10.2. The highest BCUT2D eigenvalue weighted by Gasteiger charge is 2.31. The molecular weight excluding hydrogens is 630 g/mol. The maximum atomic E-state index is 11.5. The summed E-state index contributed by atoms with van der Waals surface area (Å²) in [5.41, 5.74) is 5.80. The zero-order valence-corrected chi connectivity index (χ0v) is 30.3. The van der Waals surface area contributed by atoms with Crippen LogP contribution in [0.5, 0.6) is 0 Å². The van der Waals surface area contributed by atoms with Crippen LogP contribution < -0.4 is 10.6 Å². The molecule has 3 heterocycles. The topological polar surface area (TPSA) is 105 Å². The van der Waals surface area contributed by atoms with Gasteiger partial charge in [-0.1, -0.05) is 49.3 Å². The van der Waals surface area contributed by atoms with E-state index in [1.807, 2.05) is 31.5 Å². The van der Waals surface area contributed by atoms with Gasteiger partial charge in [0.05, 0.1) is 32.7 Å². The number of aryl methyl sites for hydroxylation is 1. The third-order valence-electron chi connectivity index (χ3n) is 8.99. The van der Waals surface area contributed by atoms with E-state index in [-0.39, 0.29) is 5.91 Å². The van der Waals surface area contributed by atoms with Crippen molar-refractivity contribution in [1.82, 2.24) is 25.0 Å². The van der Waals surface area contributed by atoms with Gasteiger partial charge < -0.3 is 15.5 Å². The van der Waals surface area contributed by atoms with Gasteiger partial charge in [0, 0.05) is 49.0 Å². The van der Waals surface area contributed by atoms with Crippen molar-refractivity contribution < 1.29 is 9.59 Å². The van der Waals surface area contributed by atoms with Crippen LogP contribution in [0.2, 0.25) is 5.02 Å². The van der Waals surface area contributed by atoms with Gasteiger partial charge in [-0.3, -0.25) is 14.6 Å². The van der Waals surface area contributed by atoms with Crippen LogP contribution in [0, 0.1) is 0 Å². The number of allylic oxidation sites excluding steroid dienone is 2. The number of fused-ring (bicyclic) bond motifs is 3. The predicted octanol–water partition coefficient (Wildman–Crippen LogP) is 7.65. The number of nitrogens with zero attached hydrogens (tertiary/aromatic N) is 5. The summed E-state index contributed by atoms with van der Waals surface area (Å²) in [6.07, 6.45) is 16.0.